The average Bonchev–Trinajstić information content (AvgIpc) is 3.27. The number of rotatable bonds is 8. The van der Waals surface area contributed by atoms with Crippen molar-refractivity contribution in [2.75, 3.05) is 27.2 Å². The fourth-order valence-electron chi connectivity index (χ4n) is 3.80. The number of carbonyl (C=O) groups is 1. The smallest absolute Gasteiger partial charge is 0.366 e. The average molecular weight is 516 g/mol. The third-order valence-electron chi connectivity index (χ3n) is 5.65. The lowest BCUT2D eigenvalue weighted by Crippen LogP contribution is -2.48. The van der Waals surface area contributed by atoms with E-state index in [0.717, 1.165) is 28.8 Å². The lowest BCUT2D eigenvalue weighted by molar-refractivity contribution is -0.0969. The van der Waals surface area contributed by atoms with Crippen LogP contribution < -0.4 is 5.73 Å². The first-order valence-electron chi connectivity index (χ1n) is 11.1. The number of hydrogen-bond donors (Lipinski definition) is 1. The minimum Gasteiger partial charge on any atom is -0.369 e. The maximum atomic E-state index is 14.8. The Balaban J connectivity index is 2.07. The van der Waals surface area contributed by atoms with Gasteiger partial charge in [0.25, 0.3) is 0 Å². The normalized spacial score (nSPS) is 17.5. The number of aliphatic imine (C=N–C) groups is 1. The Morgan fingerprint density at radius 3 is 2.67 bits per heavy atom. The zero-order valence-electron chi connectivity index (χ0n) is 20.2. The van der Waals surface area contributed by atoms with Gasteiger partial charge in [0.1, 0.15) is 21.5 Å². The van der Waals surface area contributed by atoms with Crippen LogP contribution in [0, 0.1) is 23.1 Å². The molecule has 12 heteroatoms. The van der Waals surface area contributed by atoms with Gasteiger partial charge in [-0.25, -0.2) is 18.6 Å². The SMILES string of the molecule is CCN(OC)C(=O)N1N=C(c2cc(F)ccc2F)SC1(CCCN(C)C(N)=NC#N)c1ccccc1. The summed E-state index contributed by atoms with van der Waals surface area (Å²) in [5, 5.41) is 15.8. The summed E-state index contributed by atoms with van der Waals surface area (Å²) in [5.74, 6) is -1.21. The van der Waals surface area contributed by atoms with E-state index in [1.165, 1.54) is 23.9 Å². The van der Waals surface area contributed by atoms with E-state index in [0.29, 0.717) is 19.4 Å². The quantitative estimate of drug-likeness (QED) is 0.246. The molecule has 0 aromatic heterocycles. The van der Waals surface area contributed by atoms with E-state index in [9.17, 15) is 13.6 Å². The van der Waals surface area contributed by atoms with Gasteiger partial charge in [-0.1, -0.05) is 42.1 Å². The molecule has 0 fully saturated rings. The summed E-state index contributed by atoms with van der Waals surface area (Å²) in [4.78, 5) is 22.9. The molecular formula is C24H27F2N7O2S. The Kier molecular flexibility index (Phi) is 8.84. The fourth-order valence-corrected chi connectivity index (χ4v) is 5.21. The Morgan fingerprint density at radius 2 is 2.03 bits per heavy atom. The van der Waals surface area contributed by atoms with Crippen LogP contribution in [0.25, 0.3) is 0 Å². The minimum atomic E-state index is -1.10. The first kappa shape index (κ1) is 26.9. The van der Waals surface area contributed by atoms with Crippen LogP contribution in [0.2, 0.25) is 0 Å². The molecule has 0 saturated carbocycles. The summed E-state index contributed by atoms with van der Waals surface area (Å²) in [6, 6.07) is 11.8. The largest absolute Gasteiger partial charge is 0.369 e. The van der Waals surface area contributed by atoms with Crippen LogP contribution in [-0.4, -0.2) is 59.3 Å². The topological polar surface area (TPSA) is 111 Å². The van der Waals surface area contributed by atoms with Gasteiger partial charge in [0, 0.05) is 25.7 Å². The van der Waals surface area contributed by atoms with Crippen LogP contribution in [0.3, 0.4) is 0 Å². The lowest BCUT2D eigenvalue weighted by atomic mass is 10.00. The van der Waals surface area contributed by atoms with Crippen LogP contribution in [0.4, 0.5) is 13.6 Å². The third kappa shape index (κ3) is 5.58. The summed E-state index contributed by atoms with van der Waals surface area (Å²) in [5.41, 5.74) is 6.51. The number of thioether (sulfide) groups is 1. The molecule has 3 rings (SSSR count). The van der Waals surface area contributed by atoms with Gasteiger partial charge in [-0.15, -0.1) is 4.99 Å². The first-order chi connectivity index (χ1) is 17.3. The Morgan fingerprint density at radius 1 is 1.31 bits per heavy atom. The summed E-state index contributed by atoms with van der Waals surface area (Å²) < 4.78 is 28.8. The molecule has 36 heavy (non-hydrogen) atoms. The molecule has 2 N–H and O–H groups in total. The summed E-state index contributed by atoms with van der Waals surface area (Å²) in [6.45, 7) is 2.40. The zero-order chi connectivity index (χ0) is 26.3. The number of guanidine groups is 1. The Labute approximate surface area is 212 Å². The molecule has 2 amide bonds. The van der Waals surface area contributed by atoms with E-state index in [2.05, 4.69) is 10.1 Å². The number of nitriles is 1. The van der Waals surface area contributed by atoms with Gasteiger partial charge in [0.05, 0.1) is 7.11 Å². The number of carbonyl (C=O) groups excluding carboxylic acids is 1. The number of nitrogens with zero attached hydrogens (tertiary/aromatic N) is 6. The molecule has 1 aliphatic rings. The van der Waals surface area contributed by atoms with Crippen LogP contribution in [0.15, 0.2) is 58.6 Å². The van der Waals surface area contributed by atoms with Gasteiger partial charge in [-0.3, -0.25) is 4.84 Å². The summed E-state index contributed by atoms with van der Waals surface area (Å²) in [7, 11) is 3.07. The number of amides is 2. The maximum absolute atomic E-state index is 14.8. The Hall–Kier alpha value is -3.69. The molecule has 0 bridgehead atoms. The molecule has 0 spiro atoms. The van der Waals surface area contributed by atoms with Crippen molar-refractivity contribution in [3.63, 3.8) is 0 Å². The molecule has 1 atom stereocenters. The minimum absolute atomic E-state index is 0.0430. The zero-order valence-corrected chi connectivity index (χ0v) is 21.0. The number of hydrazone groups is 1. The van der Waals surface area contributed by atoms with Gasteiger partial charge in [0.2, 0.25) is 12.2 Å². The predicted octanol–water partition coefficient (Wildman–Crippen LogP) is 4.04. The van der Waals surface area contributed by atoms with Gasteiger partial charge in [-0.05, 0) is 43.5 Å². The van der Waals surface area contributed by atoms with Crippen LogP contribution in [-0.2, 0) is 9.71 Å². The molecule has 0 radical (unpaired) electrons. The second-order valence-electron chi connectivity index (χ2n) is 7.85. The van der Waals surface area contributed by atoms with Crippen molar-refractivity contribution in [3.05, 3.63) is 71.3 Å². The molecule has 190 valence electrons. The lowest BCUT2D eigenvalue weighted by Gasteiger charge is -2.38. The van der Waals surface area contributed by atoms with Gasteiger partial charge >= 0.3 is 6.03 Å². The molecule has 1 heterocycles. The number of halogens is 2. The third-order valence-corrected chi connectivity index (χ3v) is 7.09. The Bertz CT molecular complexity index is 1180. The first-order valence-corrected chi connectivity index (χ1v) is 12.0. The van der Waals surface area contributed by atoms with E-state index in [1.54, 1.807) is 25.1 Å². The molecule has 9 nitrogen and oxygen atoms in total. The molecule has 1 aliphatic heterocycles. The highest BCUT2D eigenvalue weighted by molar-refractivity contribution is 8.15. The molecule has 1 unspecified atom stereocenters. The van der Waals surface area contributed by atoms with Crippen LogP contribution in [0.5, 0.6) is 0 Å². The van der Waals surface area contributed by atoms with Gasteiger partial charge in [0.15, 0.2) is 0 Å². The van der Waals surface area contributed by atoms with Crippen molar-refractivity contribution >= 4 is 28.8 Å². The monoisotopic (exact) mass is 515 g/mol. The van der Waals surface area contributed by atoms with E-state index in [4.69, 9.17) is 15.8 Å². The number of urea groups is 1. The highest BCUT2D eigenvalue weighted by Crippen LogP contribution is 2.51. The molecule has 0 aliphatic carbocycles. The van der Waals surface area contributed by atoms with E-state index >= 15 is 0 Å². The molecular weight excluding hydrogens is 488 g/mol. The molecule has 2 aromatic rings. The van der Waals surface area contributed by atoms with Gasteiger partial charge in [-0.2, -0.15) is 15.4 Å². The summed E-state index contributed by atoms with van der Waals surface area (Å²) >= 11 is 1.17. The van der Waals surface area contributed by atoms with Crippen LogP contribution >= 0.6 is 11.8 Å². The van der Waals surface area contributed by atoms with Crippen molar-refractivity contribution in [3.8, 4) is 6.19 Å². The van der Waals surface area contributed by atoms with Crippen molar-refractivity contribution in [1.82, 2.24) is 15.0 Å². The highest BCUT2D eigenvalue weighted by atomic mass is 32.2. The van der Waals surface area contributed by atoms with E-state index < -0.39 is 22.5 Å². The van der Waals surface area contributed by atoms with Crippen molar-refractivity contribution in [2.45, 2.75) is 24.6 Å². The fraction of sp³-hybridized carbons (Fsp3) is 0.333. The number of nitrogens with two attached hydrogens (primary N) is 1. The standard InChI is InChI=1S/C24H27F2N7O2S/c1-4-32(35-3)23(34)33-24(17-9-6-5-7-10-17,13-8-14-31(2)22(28)29-16-27)36-21(30-33)19-15-18(25)11-12-20(19)26/h5-7,9-12,15H,4,8,13-14H2,1-3H3,(H2,28,29). The van der Waals surface area contributed by atoms with Gasteiger partial charge < -0.3 is 10.6 Å². The maximum Gasteiger partial charge on any atom is 0.366 e. The van der Waals surface area contributed by atoms with Crippen molar-refractivity contribution in [1.29, 1.82) is 5.26 Å². The second kappa shape index (κ2) is 11.8. The van der Waals surface area contributed by atoms with Crippen molar-refractivity contribution < 1.29 is 18.4 Å². The second-order valence-corrected chi connectivity index (χ2v) is 9.11. The van der Waals surface area contributed by atoms with Crippen LogP contribution in [0.1, 0.15) is 30.9 Å². The molecule has 0 saturated heterocycles. The van der Waals surface area contributed by atoms with E-state index in [1.807, 2.05) is 30.3 Å². The molecule has 2 aromatic carbocycles. The predicted molar refractivity (Wildman–Crippen MR) is 134 cm³/mol. The summed E-state index contributed by atoms with van der Waals surface area (Å²) in [6.07, 6.45) is 2.52. The number of hydrogen-bond acceptors (Lipinski definition) is 6. The highest BCUT2D eigenvalue weighted by Gasteiger charge is 2.50. The number of hydroxylamine groups is 2. The number of benzene rings is 2. The van der Waals surface area contributed by atoms with Crippen molar-refractivity contribution in [2.24, 2.45) is 15.8 Å². The van der Waals surface area contributed by atoms with E-state index in [-0.39, 0.29) is 23.1 Å².